The number of ether oxygens (including phenoxy) is 2. The molecule has 1 saturated heterocycles. The molecule has 1 atom stereocenters. The maximum Gasteiger partial charge on any atom is 0.341 e. The van der Waals surface area contributed by atoms with E-state index in [1.165, 1.54) is 25.5 Å². The van der Waals surface area contributed by atoms with Gasteiger partial charge in [0, 0.05) is 31.4 Å². The quantitative estimate of drug-likeness (QED) is 0.404. The van der Waals surface area contributed by atoms with E-state index in [2.05, 4.69) is 46.7 Å². The van der Waals surface area contributed by atoms with Crippen molar-refractivity contribution in [3.63, 3.8) is 0 Å². The van der Waals surface area contributed by atoms with Crippen molar-refractivity contribution in [2.45, 2.75) is 32.9 Å². The molecule has 2 aromatic carbocycles. The van der Waals surface area contributed by atoms with Crippen LogP contribution in [0.1, 0.15) is 34.8 Å². The van der Waals surface area contributed by atoms with E-state index in [9.17, 15) is 4.79 Å². The summed E-state index contributed by atoms with van der Waals surface area (Å²) < 4.78 is 10.1. The Morgan fingerprint density at radius 1 is 1.19 bits per heavy atom. The van der Waals surface area contributed by atoms with Crippen molar-refractivity contribution >= 4 is 17.6 Å². The molecule has 3 rings (SSSR count). The number of benzene rings is 2. The van der Waals surface area contributed by atoms with Crippen LogP contribution in [0.25, 0.3) is 0 Å². The van der Waals surface area contributed by atoms with Crippen LogP contribution in [0.4, 0.5) is 5.69 Å². The Kier molecular flexibility index (Phi) is 7.76. The molecule has 1 heterocycles. The Morgan fingerprint density at radius 2 is 1.97 bits per heavy atom. The summed E-state index contributed by atoms with van der Waals surface area (Å²) in [6, 6.07) is 14.4. The zero-order valence-electron chi connectivity index (χ0n) is 18.8. The van der Waals surface area contributed by atoms with E-state index < -0.39 is 5.97 Å². The summed E-state index contributed by atoms with van der Waals surface area (Å²) in [7, 11) is 2.90. The molecule has 166 valence electrons. The number of guanidine groups is 1. The maximum atomic E-state index is 12.0. The molecule has 2 N–H and O–H groups in total. The highest BCUT2D eigenvalue weighted by Crippen LogP contribution is 2.22. The average Bonchev–Trinajstić information content (AvgIpc) is 3.25. The zero-order valence-corrected chi connectivity index (χ0v) is 18.8. The Morgan fingerprint density at radius 3 is 2.65 bits per heavy atom. The van der Waals surface area contributed by atoms with Gasteiger partial charge in [-0.25, -0.2) is 9.79 Å². The van der Waals surface area contributed by atoms with Gasteiger partial charge in [0.15, 0.2) is 5.96 Å². The number of methoxy groups -OCH3 is 2. The third-order valence-electron chi connectivity index (χ3n) is 5.36. The lowest BCUT2D eigenvalue weighted by atomic mass is 10.1. The second-order valence-corrected chi connectivity index (χ2v) is 7.63. The fourth-order valence-electron chi connectivity index (χ4n) is 3.67. The van der Waals surface area contributed by atoms with Crippen molar-refractivity contribution in [1.82, 2.24) is 10.6 Å². The van der Waals surface area contributed by atoms with Gasteiger partial charge in [-0.2, -0.15) is 0 Å². The summed E-state index contributed by atoms with van der Waals surface area (Å²) >= 11 is 0. The van der Waals surface area contributed by atoms with E-state index in [4.69, 9.17) is 14.5 Å². The topological polar surface area (TPSA) is 75.2 Å². The highest BCUT2D eigenvalue weighted by molar-refractivity contribution is 5.92. The summed E-state index contributed by atoms with van der Waals surface area (Å²) in [6.45, 7) is 7.32. The van der Waals surface area contributed by atoms with Crippen LogP contribution in [0, 0.1) is 6.92 Å². The molecule has 0 radical (unpaired) electrons. The van der Waals surface area contributed by atoms with Crippen molar-refractivity contribution < 1.29 is 14.3 Å². The lowest BCUT2D eigenvalue weighted by Crippen LogP contribution is -2.44. The number of aryl methyl sites for hydroxylation is 1. The van der Waals surface area contributed by atoms with Crippen LogP contribution in [0.5, 0.6) is 5.75 Å². The van der Waals surface area contributed by atoms with Crippen molar-refractivity contribution in [1.29, 1.82) is 0 Å². The van der Waals surface area contributed by atoms with Crippen LogP contribution in [-0.4, -0.2) is 51.8 Å². The van der Waals surface area contributed by atoms with Gasteiger partial charge in [0.1, 0.15) is 11.3 Å². The summed E-state index contributed by atoms with van der Waals surface area (Å²) in [5.41, 5.74) is 3.84. The predicted molar refractivity (Wildman–Crippen MR) is 124 cm³/mol. The Hall–Kier alpha value is -3.22. The van der Waals surface area contributed by atoms with Gasteiger partial charge in [-0.05, 0) is 50.1 Å². The molecule has 0 aliphatic carbocycles. The first kappa shape index (κ1) is 22.5. The van der Waals surface area contributed by atoms with Crippen LogP contribution < -0.4 is 20.3 Å². The molecule has 1 aliphatic rings. The average molecular weight is 425 g/mol. The summed E-state index contributed by atoms with van der Waals surface area (Å²) in [6.07, 6.45) is 1.05. The first-order chi connectivity index (χ1) is 15.0. The third kappa shape index (κ3) is 5.90. The predicted octanol–water partition coefficient (Wildman–Crippen LogP) is 3.12. The SMILES string of the molecule is CCNC(=NCc1ccc(OC)c(C(=O)OC)c1)NC1CCN(c2ccc(C)cc2)C1. The Bertz CT molecular complexity index is 912. The molecule has 0 bridgehead atoms. The Balaban J connectivity index is 1.65. The van der Waals surface area contributed by atoms with Gasteiger partial charge in [0.05, 0.1) is 20.8 Å². The van der Waals surface area contributed by atoms with Gasteiger partial charge < -0.3 is 25.0 Å². The molecule has 1 aliphatic heterocycles. The maximum absolute atomic E-state index is 12.0. The van der Waals surface area contributed by atoms with Crippen molar-refractivity contribution in [2.24, 2.45) is 4.99 Å². The minimum absolute atomic E-state index is 0.320. The number of hydrogen-bond donors (Lipinski definition) is 2. The van der Waals surface area contributed by atoms with Crippen LogP contribution in [-0.2, 0) is 11.3 Å². The molecule has 31 heavy (non-hydrogen) atoms. The molecule has 0 spiro atoms. The zero-order chi connectivity index (χ0) is 22.2. The van der Waals surface area contributed by atoms with E-state index >= 15 is 0 Å². The lowest BCUT2D eigenvalue weighted by Gasteiger charge is -2.20. The molecule has 0 saturated carbocycles. The van der Waals surface area contributed by atoms with Gasteiger partial charge >= 0.3 is 5.97 Å². The van der Waals surface area contributed by atoms with Crippen LogP contribution in [0.3, 0.4) is 0 Å². The molecule has 0 amide bonds. The van der Waals surface area contributed by atoms with Crippen molar-refractivity contribution in [3.05, 3.63) is 59.2 Å². The number of aliphatic imine (C=N–C) groups is 1. The third-order valence-corrected chi connectivity index (χ3v) is 5.36. The van der Waals surface area contributed by atoms with Gasteiger partial charge in [0.2, 0.25) is 0 Å². The fraction of sp³-hybridized carbons (Fsp3) is 0.417. The van der Waals surface area contributed by atoms with E-state index in [0.29, 0.717) is 23.9 Å². The minimum atomic E-state index is -0.421. The standard InChI is InChI=1S/C24H32N4O3/c1-5-25-24(26-15-18-8-11-22(30-3)21(14-18)23(29)31-4)27-19-12-13-28(16-19)20-9-6-17(2)7-10-20/h6-11,14,19H,5,12-13,15-16H2,1-4H3,(H2,25,26,27). The van der Waals surface area contributed by atoms with Gasteiger partial charge in [-0.3, -0.25) is 0 Å². The molecule has 2 aromatic rings. The number of anilines is 1. The summed E-state index contributed by atoms with van der Waals surface area (Å²) in [5, 5.41) is 6.87. The van der Waals surface area contributed by atoms with E-state index in [1.54, 1.807) is 12.1 Å². The van der Waals surface area contributed by atoms with E-state index in [-0.39, 0.29) is 0 Å². The normalized spacial score (nSPS) is 16.2. The number of hydrogen-bond acceptors (Lipinski definition) is 5. The van der Waals surface area contributed by atoms with Crippen LogP contribution >= 0.6 is 0 Å². The summed E-state index contributed by atoms with van der Waals surface area (Å²) in [5.74, 6) is 0.843. The number of rotatable bonds is 7. The molecular formula is C24H32N4O3. The highest BCUT2D eigenvalue weighted by atomic mass is 16.5. The largest absolute Gasteiger partial charge is 0.496 e. The van der Waals surface area contributed by atoms with Gasteiger partial charge in [0.25, 0.3) is 0 Å². The van der Waals surface area contributed by atoms with Gasteiger partial charge in [-0.15, -0.1) is 0 Å². The van der Waals surface area contributed by atoms with Crippen molar-refractivity contribution in [3.8, 4) is 5.75 Å². The minimum Gasteiger partial charge on any atom is -0.496 e. The Labute approximate surface area is 184 Å². The number of nitrogens with zero attached hydrogens (tertiary/aromatic N) is 2. The number of carbonyl (C=O) groups excluding carboxylic acids is 1. The lowest BCUT2D eigenvalue weighted by molar-refractivity contribution is 0.0597. The summed E-state index contributed by atoms with van der Waals surface area (Å²) in [4.78, 5) is 19.1. The smallest absolute Gasteiger partial charge is 0.341 e. The second kappa shape index (κ2) is 10.7. The highest BCUT2D eigenvalue weighted by Gasteiger charge is 2.23. The molecule has 0 aromatic heterocycles. The molecule has 1 unspecified atom stereocenters. The number of carbonyl (C=O) groups is 1. The van der Waals surface area contributed by atoms with E-state index in [0.717, 1.165) is 37.6 Å². The van der Waals surface area contributed by atoms with Crippen molar-refractivity contribution in [2.75, 3.05) is 38.8 Å². The molecule has 7 nitrogen and oxygen atoms in total. The van der Waals surface area contributed by atoms with E-state index in [1.807, 2.05) is 13.0 Å². The van der Waals surface area contributed by atoms with Crippen LogP contribution in [0.2, 0.25) is 0 Å². The van der Waals surface area contributed by atoms with Gasteiger partial charge in [-0.1, -0.05) is 23.8 Å². The monoisotopic (exact) mass is 424 g/mol. The first-order valence-electron chi connectivity index (χ1n) is 10.7. The fourth-order valence-corrected chi connectivity index (χ4v) is 3.67. The molecule has 1 fully saturated rings. The number of esters is 1. The molecule has 7 heteroatoms. The second-order valence-electron chi connectivity index (χ2n) is 7.63. The first-order valence-corrected chi connectivity index (χ1v) is 10.7. The number of nitrogens with one attached hydrogen (secondary N) is 2. The molecular weight excluding hydrogens is 392 g/mol. The van der Waals surface area contributed by atoms with Crippen LogP contribution in [0.15, 0.2) is 47.5 Å².